The van der Waals surface area contributed by atoms with Gasteiger partial charge >= 0.3 is 0 Å². The molecule has 0 radical (unpaired) electrons. The number of nitrogens with zero attached hydrogens (tertiary/aromatic N) is 5. The van der Waals surface area contributed by atoms with Gasteiger partial charge < -0.3 is 21.7 Å². The lowest BCUT2D eigenvalue weighted by Crippen LogP contribution is -2.74. The molecule has 216 valence electrons. The van der Waals surface area contributed by atoms with Gasteiger partial charge in [0.05, 0.1) is 11.6 Å². The number of amides is 1. The van der Waals surface area contributed by atoms with E-state index in [0.29, 0.717) is 50.9 Å². The molecule has 2 fully saturated rings. The van der Waals surface area contributed by atoms with Crippen molar-refractivity contribution in [3.8, 4) is 0 Å². The van der Waals surface area contributed by atoms with E-state index in [-0.39, 0.29) is 23.3 Å². The summed E-state index contributed by atoms with van der Waals surface area (Å²) in [5, 5.41) is 10.7. The molecular weight excluding hydrogens is 516 g/mol. The Morgan fingerprint density at radius 3 is 2.76 bits per heavy atom. The molecule has 0 spiro atoms. The second-order valence-electron chi connectivity index (χ2n) is 12.6. The highest BCUT2D eigenvalue weighted by molar-refractivity contribution is 5.94. The topological polar surface area (TPSA) is 163 Å². The third kappa shape index (κ3) is 4.23. The summed E-state index contributed by atoms with van der Waals surface area (Å²) in [6, 6.07) is 5.73. The molecule has 5 N–H and O–H groups in total. The predicted octanol–water partition coefficient (Wildman–Crippen LogP) is 4.72. The quantitative estimate of drug-likeness (QED) is 0.200. The largest absolute Gasteiger partial charge is 0.387 e. The molecule has 1 aromatic rings. The molecule has 1 unspecified atom stereocenters. The fraction of sp³-hybridized carbons (Fsp3) is 0.581. The molecule has 4 atom stereocenters. The van der Waals surface area contributed by atoms with Crippen molar-refractivity contribution < 1.29 is 4.79 Å². The fourth-order valence-electron chi connectivity index (χ4n) is 8.55. The van der Waals surface area contributed by atoms with Gasteiger partial charge in [0.15, 0.2) is 0 Å². The molecule has 1 saturated heterocycles. The zero-order valence-corrected chi connectivity index (χ0v) is 23.8. The Balaban J connectivity index is 1.31. The van der Waals surface area contributed by atoms with Crippen molar-refractivity contribution in [1.29, 1.82) is 0 Å². The number of allylic oxidation sites excluding steroid dienone is 3. The Morgan fingerprint density at radius 1 is 1.22 bits per heavy atom. The van der Waals surface area contributed by atoms with E-state index in [1.165, 1.54) is 16.7 Å². The minimum Gasteiger partial charge on any atom is -0.387 e. The van der Waals surface area contributed by atoms with Crippen molar-refractivity contribution >= 4 is 5.91 Å². The van der Waals surface area contributed by atoms with E-state index in [1.54, 1.807) is 0 Å². The molecule has 2 aliphatic heterocycles. The Kier molecular flexibility index (Phi) is 7.04. The number of fused-ring (bicyclic) bond motifs is 5. The van der Waals surface area contributed by atoms with Crippen LogP contribution in [0, 0.1) is 16.2 Å². The molecule has 10 nitrogen and oxygen atoms in total. The summed E-state index contributed by atoms with van der Waals surface area (Å²) in [6.07, 6.45) is 12.5. The molecule has 6 rings (SSSR count). The SMILES string of the molecule is CCC1=CNCC(C2=CCC3[C@]2(CN=[N+]=[N-])CC[C@]2(N)c4ccc(C(=O)N5CCC(N=O)CC5)cc4CC[C@@]32N)=C1. The van der Waals surface area contributed by atoms with E-state index in [4.69, 9.17) is 11.5 Å². The summed E-state index contributed by atoms with van der Waals surface area (Å²) >= 11 is 0. The number of rotatable bonds is 6. The third-order valence-electron chi connectivity index (χ3n) is 10.8. The van der Waals surface area contributed by atoms with Crippen LogP contribution in [-0.2, 0) is 12.0 Å². The van der Waals surface area contributed by atoms with Crippen LogP contribution < -0.4 is 16.8 Å². The first-order chi connectivity index (χ1) is 19.8. The average Bonchev–Trinajstić information content (AvgIpc) is 3.41. The summed E-state index contributed by atoms with van der Waals surface area (Å²) < 4.78 is 0. The molecule has 2 heterocycles. The minimum atomic E-state index is -0.752. The van der Waals surface area contributed by atoms with Crippen molar-refractivity contribution in [1.82, 2.24) is 10.2 Å². The minimum absolute atomic E-state index is 0.00988. The molecule has 1 amide bonds. The molecule has 5 aliphatic rings. The van der Waals surface area contributed by atoms with Gasteiger partial charge in [0.1, 0.15) is 0 Å². The summed E-state index contributed by atoms with van der Waals surface area (Å²) in [5.41, 5.74) is 29.0. The normalized spacial score (nSPS) is 32.7. The lowest BCUT2D eigenvalue weighted by molar-refractivity contribution is -0.0112. The van der Waals surface area contributed by atoms with Gasteiger partial charge in [-0.15, -0.1) is 0 Å². The molecule has 3 aliphatic carbocycles. The number of likely N-dealkylation sites (tertiary alicyclic amines) is 1. The smallest absolute Gasteiger partial charge is 0.253 e. The maximum absolute atomic E-state index is 13.3. The fourth-order valence-corrected chi connectivity index (χ4v) is 8.55. The van der Waals surface area contributed by atoms with Crippen molar-refractivity contribution in [2.24, 2.45) is 33.1 Å². The van der Waals surface area contributed by atoms with E-state index < -0.39 is 11.1 Å². The van der Waals surface area contributed by atoms with Crippen LogP contribution in [0.15, 0.2) is 63.6 Å². The van der Waals surface area contributed by atoms with Crippen molar-refractivity contribution in [2.75, 3.05) is 26.2 Å². The number of piperidine rings is 1. The van der Waals surface area contributed by atoms with Gasteiger partial charge in [0, 0.05) is 47.6 Å². The first-order valence-electron chi connectivity index (χ1n) is 15.0. The average molecular weight is 557 g/mol. The summed E-state index contributed by atoms with van der Waals surface area (Å²) in [5.74, 6) is 0.0256. The first-order valence-corrected chi connectivity index (χ1v) is 15.0. The number of hydrogen-bond donors (Lipinski definition) is 3. The number of nitrogens with two attached hydrogens (primary N) is 2. The van der Waals surface area contributed by atoms with Crippen LogP contribution in [0.1, 0.15) is 73.4 Å². The number of nitrogens with one attached hydrogen (secondary N) is 1. The maximum Gasteiger partial charge on any atom is 0.253 e. The molecule has 0 bridgehead atoms. The highest BCUT2D eigenvalue weighted by Crippen LogP contribution is 2.64. The van der Waals surface area contributed by atoms with E-state index in [9.17, 15) is 15.2 Å². The Hall–Kier alpha value is -3.46. The monoisotopic (exact) mass is 556 g/mol. The highest BCUT2D eigenvalue weighted by atomic mass is 16.3. The van der Waals surface area contributed by atoms with Crippen LogP contribution in [0.25, 0.3) is 10.4 Å². The van der Waals surface area contributed by atoms with Crippen LogP contribution >= 0.6 is 0 Å². The van der Waals surface area contributed by atoms with Crippen LogP contribution in [0.5, 0.6) is 0 Å². The van der Waals surface area contributed by atoms with Crippen molar-refractivity contribution in [3.63, 3.8) is 0 Å². The lowest BCUT2D eigenvalue weighted by atomic mass is 9.46. The second kappa shape index (κ2) is 10.4. The Morgan fingerprint density at radius 2 is 2.02 bits per heavy atom. The number of nitroso groups, excluding NO2 is 1. The predicted molar refractivity (Wildman–Crippen MR) is 159 cm³/mol. The van der Waals surface area contributed by atoms with Gasteiger partial charge in [-0.2, -0.15) is 4.91 Å². The van der Waals surface area contributed by atoms with Gasteiger partial charge in [-0.1, -0.05) is 35.4 Å². The van der Waals surface area contributed by atoms with Gasteiger partial charge in [-0.25, -0.2) is 0 Å². The van der Waals surface area contributed by atoms with Crippen LogP contribution in [0.2, 0.25) is 0 Å². The third-order valence-corrected chi connectivity index (χ3v) is 10.8. The molecular formula is C31H40N8O2. The molecule has 41 heavy (non-hydrogen) atoms. The van der Waals surface area contributed by atoms with Crippen molar-refractivity contribution in [3.05, 3.63) is 85.3 Å². The van der Waals surface area contributed by atoms with Crippen LogP contribution in [0.4, 0.5) is 0 Å². The molecule has 1 aromatic carbocycles. The van der Waals surface area contributed by atoms with E-state index in [0.717, 1.165) is 43.4 Å². The Labute approximate surface area is 240 Å². The van der Waals surface area contributed by atoms with Crippen LogP contribution in [-0.4, -0.2) is 48.6 Å². The molecule has 0 aromatic heterocycles. The highest BCUT2D eigenvalue weighted by Gasteiger charge is 2.65. The maximum atomic E-state index is 13.3. The summed E-state index contributed by atoms with van der Waals surface area (Å²) in [4.78, 5) is 29.2. The zero-order chi connectivity index (χ0) is 28.8. The van der Waals surface area contributed by atoms with E-state index >= 15 is 0 Å². The number of carbonyl (C=O) groups excluding carboxylic acids is 1. The number of carbonyl (C=O) groups is 1. The number of aryl methyl sites for hydroxylation is 1. The van der Waals surface area contributed by atoms with E-state index in [1.807, 2.05) is 23.1 Å². The molecule has 10 heteroatoms. The van der Waals surface area contributed by atoms with Crippen molar-refractivity contribution in [2.45, 2.75) is 75.4 Å². The standard InChI is InChI=1S/C31H40N8O2/c1-2-20-15-23(18-35-17-20)25-5-6-27-29(25,19-36-38-34)11-12-30(32)26-4-3-22(16-21(26)7-10-31(27,30)33)28(40)39-13-8-24(37-41)9-14-39/h3-5,15-17,24,27,35H,2,6-14,18-19,32-33H2,1H3/t27?,29-,30-,31+/m0/s1. The summed E-state index contributed by atoms with van der Waals surface area (Å²) in [6.45, 7) is 4.36. The van der Waals surface area contributed by atoms with E-state index in [2.05, 4.69) is 45.8 Å². The van der Waals surface area contributed by atoms with Crippen LogP contribution in [0.3, 0.4) is 0 Å². The Bertz CT molecular complexity index is 1400. The molecule has 1 saturated carbocycles. The number of benzene rings is 1. The second-order valence-corrected chi connectivity index (χ2v) is 12.6. The first kappa shape index (κ1) is 27.7. The zero-order valence-electron chi connectivity index (χ0n) is 23.8. The number of hydrogen-bond acceptors (Lipinski definition) is 7. The number of dihydropyridines is 1. The summed E-state index contributed by atoms with van der Waals surface area (Å²) in [7, 11) is 0. The van der Waals surface area contributed by atoms with Gasteiger partial charge in [0.25, 0.3) is 5.91 Å². The van der Waals surface area contributed by atoms with Gasteiger partial charge in [-0.3, -0.25) is 4.79 Å². The number of azide groups is 1. The van der Waals surface area contributed by atoms with Gasteiger partial charge in [0.2, 0.25) is 0 Å². The lowest BCUT2D eigenvalue weighted by Gasteiger charge is -2.62. The van der Waals surface area contributed by atoms with Gasteiger partial charge in [-0.05, 0) is 109 Å².